The first kappa shape index (κ1) is 22.1. The number of amides is 1. The molecule has 0 radical (unpaired) electrons. The Morgan fingerprint density at radius 3 is 2.59 bits per heavy atom. The lowest BCUT2D eigenvalue weighted by molar-refractivity contribution is 0.102. The highest BCUT2D eigenvalue weighted by atomic mass is 35.5. The molecule has 0 bridgehead atoms. The van der Waals surface area contributed by atoms with Crippen molar-refractivity contribution in [3.63, 3.8) is 0 Å². The SMILES string of the molecule is COc1ccnc(-c2cc(NC(=O)c3ccc(N4CCCCS4(=O)=O)cc3)ccc2Cl)c1. The molecule has 32 heavy (non-hydrogen) atoms. The van der Waals surface area contributed by atoms with E-state index in [-0.39, 0.29) is 11.7 Å². The summed E-state index contributed by atoms with van der Waals surface area (Å²) in [5.74, 6) is 0.484. The zero-order chi connectivity index (χ0) is 22.7. The molecule has 9 heteroatoms. The monoisotopic (exact) mass is 471 g/mol. The van der Waals surface area contributed by atoms with Crippen LogP contribution in [0.25, 0.3) is 11.3 Å². The van der Waals surface area contributed by atoms with Gasteiger partial charge in [0.05, 0.1) is 29.3 Å². The molecule has 0 aliphatic carbocycles. The van der Waals surface area contributed by atoms with E-state index in [1.165, 1.54) is 4.31 Å². The molecule has 1 amide bonds. The number of carbonyl (C=O) groups is 1. The maximum Gasteiger partial charge on any atom is 0.255 e. The largest absolute Gasteiger partial charge is 0.497 e. The summed E-state index contributed by atoms with van der Waals surface area (Å²) in [5.41, 5.74) is 2.83. The van der Waals surface area contributed by atoms with Gasteiger partial charge in [0.15, 0.2) is 0 Å². The third-order valence-corrected chi connectivity index (χ3v) is 7.43. The molecule has 2 aromatic carbocycles. The highest BCUT2D eigenvalue weighted by molar-refractivity contribution is 7.92. The molecule has 2 heterocycles. The van der Waals surface area contributed by atoms with Crippen LogP contribution in [0.5, 0.6) is 5.75 Å². The number of methoxy groups -OCH3 is 1. The van der Waals surface area contributed by atoms with Crippen molar-refractivity contribution in [2.24, 2.45) is 0 Å². The Morgan fingerprint density at radius 1 is 1.09 bits per heavy atom. The molecule has 0 unspecified atom stereocenters. The number of nitrogens with zero attached hydrogens (tertiary/aromatic N) is 2. The Balaban J connectivity index is 1.53. The van der Waals surface area contributed by atoms with Gasteiger partial charge in [-0.2, -0.15) is 0 Å². The summed E-state index contributed by atoms with van der Waals surface area (Å²) >= 11 is 6.35. The molecule has 1 aliphatic heterocycles. The summed E-state index contributed by atoms with van der Waals surface area (Å²) in [6.07, 6.45) is 3.12. The molecule has 0 spiro atoms. The predicted molar refractivity (Wildman–Crippen MR) is 126 cm³/mol. The van der Waals surface area contributed by atoms with E-state index < -0.39 is 10.0 Å². The first-order valence-corrected chi connectivity index (χ1v) is 12.1. The normalized spacial score (nSPS) is 15.2. The molecule has 166 valence electrons. The number of rotatable bonds is 5. The number of sulfonamides is 1. The fourth-order valence-electron chi connectivity index (χ4n) is 3.55. The average Bonchev–Trinajstić information content (AvgIpc) is 2.80. The maximum atomic E-state index is 12.8. The van der Waals surface area contributed by atoms with Gasteiger partial charge >= 0.3 is 0 Å². The molecule has 4 rings (SSSR count). The van der Waals surface area contributed by atoms with E-state index in [1.807, 2.05) is 0 Å². The molecular formula is C23H22ClN3O4S. The number of ether oxygens (including phenoxy) is 1. The van der Waals surface area contributed by atoms with E-state index in [0.717, 1.165) is 6.42 Å². The first-order chi connectivity index (χ1) is 15.4. The van der Waals surface area contributed by atoms with Gasteiger partial charge in [-0.1, -0.05) is 11.6 Å². The molecule has 0 atom stereocenters. The lowest BCUT2D eigenvalue weighted by Gasteiger charge is -2.28. The van der Waals surface area contributed by atoms with Gasteiger partial charge in [-0.05, 0) is 61.4 Å². The minimum absolute atomic E-state index is 0.149. The number of anilines is 2. The van der Waals surface area contributed by atoms with Crippen molar-refractivity contribution in [1.29, 1.82) is 0 Å². The Hall–Kier alpha value is -3.10. The number of benzene rings is 2. The second-order valence-corrected chi connectivity index (χ2v) is 9.79. The van der Waals surface area contributed by atoms with Crippen LogP contribution in [0.4, 0.5) is 11.4 Å². The minimum Gasteiger partial charge on any atom is -0.497 e. The van der Waals surface area contributed by atoms with Crippen LogP contribution in [0.1, 0.15) is 23.2 Å². The van der Waals surface area contributed by atoms with Gasteiger partial charge in [0, 0.05) is 35.6 Å². The van der Waals surface area contributed by atoms with Gasteiger partial charge in [-0.15, -0.1) is 0 Å². The number of hydrogen-bond acceptors (Lipinski definition) is 5. The van der Waals surface area contributed by atoms with Gasteiger partial charge in [-0.3, -0.25) is 14.1 Å². The highest BCUT2D eigenvalue weighted by Gasteiger charge is 2.26. The zero-order valence-electron chi connectivity index (χ0n) is 17.4. The molecule has 0 saturated carbocycles. The summed E-state index contributed by atoms with van der Waals surface area (Å²) < 4.78 is 31.2. The lowest BCUT2D eigenvalue weighted by Crippen LogP contribution is -2.37. The molecule has 1 fully saturated rings. The second kappa shape index (κ2) is 9.18. The van der Waals surface area contributed by atoms with E-state index in [1.54, 1.807) is 67.9 Å². The highest BCUT2D eigenvalue weighted by Crippen LogP contribution is 2.31. The van der Waals surface area contributed by atoms with Crippen LogP contribution in [0.15, 0.2) is 60.8 Å². The number of hydrogen-bond donors (Lipinski definition) is 1. The molecule has 1 N–H and O–H groups in total. The van der Waals surface area contributed by atoms with Crippen molar-refractivity contribution in [3.05, 3.63) is 71.4 Å². The first-order valence-electron chi connectivity index (χ1n) is 10.1. The van der Waals surface area contributed by atoms with Crippen LogP contribution in [0, 0.1) is 0 Å². The van der Waals surface area contributed by atoms with E-state index in [4.69, 9.17) is 16.3 Å². The van der Waals surface area contributed by atoms with Gasteiger partial charge in [0.25, 0.3) is 5.91 Å². The number of nitrogens with one attached hydrogen (secondary N) is 1. The number of aromatic nitrogens is 1. The van der Waals surface area contributed by atoms with E-state index in [2.05, 4.69) is 10.3 Å². The zero-order valence-corrected chi connectivity index (χ0v) is 19.0. The Bertz CT molecular complexity index is 1250. The van der Waals surface area contributed by atoms with Crippen molar-refractivity contribution >= 4 is 38.9 Å². The van der Waals surface area contributed by atoms with Crippen LogP contribution < -0.4 is 14.4 Å². The second-order valence-electron chi connectivity index (χ2n) is 7.37. The Labute approximate surface area is 192 Å². The van der Waals surface area contributed by atoms with Gasteiger partial charge in [0.1, 0.15) is 5.75 Å². The summed E-state index contributed by atoms with van der Waals surface area (Å²) in [5, 5.41) is 3.35. The summed E-state index contributed by atoms with van der Waals surface area (Å²) in [6.45, 7) is 0.458. The molecular weight excluding hydrogens is 450 g/mol. The summed E-state index contributed by atoms with van der Waals surface area (Å²) in [6, 6.07) is 15.2. The van der Waals surface area contributed by atoms with Gasteiger partial charge in [0.2, 0.25) is 10.0 Å². The Morgan fingerprint density at radius 2 is 1.88 bits per heavy atom. The van der Waals surface area contributed by atoms with Crippen LogP contribution >= 0.6 is 11.6 Å². The molecule has 1 aliphatic rings. The summed E-state index contributed by atoms with van der Waals surface area (Å²) in [7, 11) is -1.72. The maximum absolute atomic E-state index is 12.8. The molecule has 1 aromatic heterocycles. The van der Waals surface area contributed by atoms with Crippen LogP contribution in [0.2, 0.25) is 5.02 Å². The van der Waals surface area contributed by atoms with E-state index in [0.29, 0.717) is 51.9 Å². The molecule has 1 saturated heterocycles. The van der Waals surface area contributed by atoms with Gasteiger partial charge in [-0.25, -0.2) is 8.42 Å². The summed E-state index contributed by atoms with van der Waals surface area (Å²) in [4.78, 5) is 17.1. The minimum atomic E-state index is -3.29. The van der Waals surface area contributed by atoms with Crippen molar-refractivity contribution in [2.75, 3.05) is 29.0 Å². The van der Waals surface area contributed by atoms with E-state index in [9.17, 15) is 13.2 Å². The quantitative estimate of drug-likeness (QED) is 0.587. The lowest BCUT2D eigenvalue weighted by atomic mass is 10.1. The van der Waals surface area contributed by atoms with Crippen LogP contribution in [-0.2, 0) is 10.0 Å². The fraction of sp³-hybridized carbons (Fsp3) is 0.217. The molecule has 3 aromatic rings. The van der Waals surface area contributed by atoms with Crippen molar-refractivity contribution in [2.45, 2.75) is 12.8 Å². The smallest absolute Gasteiger partial charge is 0.255 e. The number of carbonyl (C=O) groups excluding carboxylic acids is 1. The van der Waals surface area contributed by atoms with Crippen LogP contribution in [0.3, 0.4) is 0 Å². The third-order valence-electron chi connectivity index (χ3n) is 5.23. The topological polar surface area (TPSA) is 88.6 Å². The van der Waals surface area contributed by atoms with Crippen LogP contribution in [-0.4, -0.2) is 38.7 Å². The van der Waals surface area contributed by atoms with Crippen molar-refractivity contribution in [1.82, 2.24) is 4.98 Å². The fourth-order valence-corrected chi connectivity index (χ4v) is 5.40. The van der Waals surface area contributed by atoms with Crippen molar-refractivity contribution in [3.8, 4) is 17.0 Å². The predicted octanol–water partition coefficient (Wildman–Crippen LogP) is 4.59. The standard InChI is InChI=1S/C23H22ClN3O4S/c1-31-19-10-11-25-22(15-19)20-14-17(6-9-21(20)24)26-23(28)16-4-7-18(8-5-16)27-12-2-3-13-32(27,29)30/h4-11,14-15H,2-3,12-13H2,1H3,(H,26,28). The average molecular weight is 472 g/mol. The molecule has 7 nitrogen and oxygen atoms in total. The number of halogens is 1. The van der Waals surface area contributed by atoms with E-state index >= 15 is 0 Å². The van der Waals surface area contributed by atoms with Crippen molar-refractivity contribution < 1.29 is 17.9 Å². The Kier molecular flexibility index (Phi) is 6.34. The number of pyridine rings is 1. The third kappa shape index (κ3) is 4.71. The van der Waals surface area contributed by atoms with Gasteiger partial charge < -0.3 is 10.1 Å².